The molecule has 0 atom stereocenters. The zero-order valence-electron chi connectivity index (χ0n) is 11.8. The smallest absolute Gasteiger partial charge is 0.317 e. The molecule has 116 valence electrons. The van der Waals surface area contributed by atoms with Crippen LogP contribution in [0.5, 0.6) is 0 Å². The third-order valence-electron chi connectivity index (χ3n) is 3.35. The van der Waals surface area contributed by atoms with E-state index in [-0.39, 0.29) is 11.4 Å². The average Bonchev–Trinajstić information content (AvgIpc) is 2.83. The number of rotatable bonds is 3. The van der Waals surface area contributed by atoms with Crippen LogP contribution in [0.1, 0.15) is 10.4 Å². The molecule has 3 rings (SSSR count). The molecule has 7 nitrogen and oxygen atoms in total. The van der Waals surface area contributed by atoms with Gasteiger partial charge in [0.2, 0.25) is 0 Å². The molecule has 0 unspecified atom stereocenters. The van der Waals surface area contributed by atoms with E-state index in [4.69, 9.17) is 23.1 Å². The van der Waals surface area contributed by atoms with Gasteiger partial charge >= 0.3 is 6.03 Å². The highest BCUT2D eigenvalue weighted by Crippen LogP contribution is 2.30. The molecule has 3 amide bonds. The number of hydrogen-bond acceptors (Lipinski definition) is 3. The Balaban J connectivity index is 2.17. The molecule has 8 heteroatoms. The van der Waals surface area contributed by atoms with Crippen molar-refractivity contribution in [3.63, 3.8) is 0 Å². The second kappa shape index (κ2) is 5.62. The number of nitrogens with two attached hydrogens (primary N) is 2. The molecule has 23 heavy (non-hydrogen) atoms. The van der Waals surface area contributed by atoms with Crippen molar-refractivity contribution < 1.29 is 9.59 Å². The summed E-state index contributed by atoms with van der Waals surface area (Å²) in [6, 6.07) is 8.13. The van der Waals surface area contributed by atoms with Crippen molar-refractivity contribution in [2.45, 2.75) is 0 Å². The van der Waals surface area contributed by atoms with E-state index in [1.807, 2.05) is 18.2 Å². The Hall–Kier alpha value is -3.06. The predicted molar refractivity (Wildman–Crippen MR) is 88.3 cm³/mol. The fourth-order valence-electron chi connectivity index (χ4n) is 2.43. The van der Waals surface area contributed by atoms with Gasteiger partial charge in [0.1, 0.15) is 11.0 Å². The monoisotopic (exact) mass is 329 g/mol. The van der Waals surface area contributed by atoms with Crippen molar-refractivity contribution >= 4 is 40.3 Å². The van der Waals surface area contributed by atoms with E-state index >= 15 is 0 Å². The number of carbonyl (C=O) groups excluding carboxylic acids is 2. The summed E-state index contributed by atoms with van der Waals surface area (Å²) in [4.78, 5) is 29.6. The van der Waals surface area contributed by atoms with Gasteiger partial charge in [-0.25, -0.2) is 9.78 Å². The number of nitrogens with one attached hydrogen (secondary N) is 2. The molecule has 0 aliphatic rings. The lowest BCUT2D eigenvalue weighted by molar-refractivity contribution is 0.100. The van der Waals surface area contributed by atoms with E-state index in [0.29, 0.717) is 16.1 Å². The molecule has 2 aromatic heterocycles. The van der Waals surface area contributed by atoms with Crippen LogP contribution < -0.4 is 16.8 Å². The number of fused-ring (bicyclic) bond motifs is 1. The van der Waals surface area contributed by atoms with Crippen LogP contribution in [-0.4, -0.2) is 21.9 Å². The van der Waals surface area contributed by atoms with Crippen LogP contribution in [0.2, 0.25) is 5.15 Å². The molecule has 0 fully saturated rings. The third-order valence-corrected chi connectivity index (χ3v) is 3.56. The zero-order valence-corrected chi connectivity index (χ0v) is 12.5. The first-order valence-corrected chi connectivity index (χ1v) is 6.97. The Morgan fingerprint density at radius 3 is 2.52 bits per heavy atom. The molecule has 1 aromatic carbocycles. The van der Waals surface area contributed by atoms with Gasteiger partial charge in [-0.3, -0.25) is 10.1 Å². The number of urea groups is 1. The van der Waals surface area contributed by atoms with E-state index in [0.717, 1.165) is 11.1 Å². The van der Waals surface area contributed by atoms with Crippen LogP contribution in [-0.2, 0) is 0 Å². The summed E-state index contributed by atoms with van der Waals surface area (Å²) in [5, 5.41) is 3.33. The molecule has 0 saturated carbocycles. The second-order valence-electron chi connectivity index (χ2n) is 4.86. The Morgan fingerprint density at radius 1 is 1.13 bits per heavy atom. The van der Waals surface area contributed by atoms with E-state index < -0.39 is 11.9 Å². The van der Waals surface area contributed by atoms with Crippen LogP contribution in [0.15, 0.2) is 36.5 Å². The standard InChI is InChI=1S/C15H12ClN5O2/c16-11-6-8(3-4-19-11)7-1-2-9-10(5-7)20-14(21-15(18)23)12(9)13(17)22/h1-6,20H,(H2,17,22)(H3,18,21,23). The number of benzene rings is 1. The van der Waals surface area contributed by atoms with Gasteiger partial charge in [-0.2, -0.15) is 0 Å². The highest BCUT2D eigenvalue weighted by atomic mass is 35.5. The van der Waals surface area contributed by atoms with Crippen molar-refractivity contribution in [2.75, 3.05) is 5.32 Å². The molecule has 6 N–H and O–H groups in total. The zero-order chi connectivity index (χ0) is 16.6. The first-order valence-electron chi connectivity index (χ1n) is 6.59. The van der Waals surface area contributed by atoms with Crippen molar-refractivity contribution in [1.82, 2.24) is 9.97 Å². The summed E-state index contributed by atoms with van der Waals surface area (Å²) in [5.74, 6) is -0.496. The van der Waals surface area contributed by atoms with Gasteiger partial charge in [-0.1, -0.05) is 23.7 Å². The largest absolute Gasteiger partial charge is 0.365 e. The Labute approximate surface area is 135 Å². The number of aromatic amines is 1. The highest BCUT2D eigenvalue weighted by Gasteiger charge is 2.17. The lowest BCUT2D eigenvalue weighted by Crippen LogP contribution is -2.22. The minimum atomic E-state index is -0.791. The van der Waals surface area contributed by atoms with Gasteiger partial charge in [-0.05, 0) is 29.3 Å². The van der Waals surface area contributed by atoms with Gasteiger partial charge in [0.05, 0.1) is 5.56 Å². The topological polar surface area (TPSA) is 127 Å². The van der Waals surface area contributed by atoms with E-state index in [1.165, 1.54) is 0 Å². The van der Waals surface area contributed by atoms with E-state index in [2.05, 4.69) is 15.3 Å². The number of carbonyl (C=O) groups is 2. The van der Waals surface area contributed by atoms with Crippen molar-refractivity contribution in [3.05, 3.63) is 47.2 Å². The van der Waals surface area contributed by atoms with E-state index in [9.17, 15) is 9.59 Å². The number of primary amides is 2. The lowest BCUT2D eigenvalue weighted by atomic mass is 10.0. The molecule has 3 aromatic rings. The maximum absolute atomic E-state index is 11.7. The summed E-state index contributed by atoms with van der Waals surface area (Å²) in [6.07, 6.45) is 1.60. The second-order valence-corrected chi connectivity index (χ2v) is 5.24. The Kier molecular flexibility index (Phi) is 3.63. The number of H-pyrrole nitrogens is 1. The van der Waals surface area contributed by atoms with Crippen LogP contribution >= 0.6 is 11.6 Å². The summed E-state index contributed by atoms with van der Waals surface area (Å²) in [7, 11) is 0. The van der Waals surface area contributed by atoms with Crippen molar-refractivity contribution in [1.29, 1.82) is 0 Å². The van der Waals surface area contributed by atoms with Gasteiger partial charge in [0.25, 0.3) is 5.91 Å². The van der Waals surface area contributed by atoms with Crippen molar-refractivity contribution in [2.24, 2.45) is 11.5 Å². The molecule has 0 aliphatic carbocycles. The molecule has 0 spiro atoms. The minimum Gasteiger partial charge on any atom is -0.365 e. The normalized spacial score (nSPS) is 10.7. The number of pyridine rings is 1. The summed E-state index contributed by atoms with van der Waals surface area (Å²) >= 11 is 5.90. The Morgan fingerprint density at radius 2 is 1.87 bits per heavy atom. The summed E-state index contributed by atoms with van der Waals surface area (Å²) in [5.41, 5.74) is 13.0. The fraction of sp³-hybridized carbons (Fsp3) is 0. The van der Waals surface area contributed by atoms with Gasteiger partial charge < -0.3 is 16.5 Å². The van der Waals surface area contributed by atoms with Crippen LogP contribution in [0.4, 0.5) is 10.6 Å². The maximum atomic E-state index is 11.7. The number of amides is 3. The molecular formula is C15H12ClN5O2. The van der Waals surface area contributed by atoms with Crippen LogP contribution in [0, 0.1) is 0 Å². The number of nitrogens with zero attached hydrogens (tertiary/aromatic N) is 1. The fourth-order valence-corrected chi connectivity index (χ4v) is 2.61. The number of aromatic nitrogens is 2. The summed E-state index contributed by atoms with van der Waals surface area (Å²) < 4.78 is 0. The van der Waals surface area contributed by atoms with Gasteiger partial charge in [0, 0.05) is 17.1 Å². The minimum absolute atomic E-state index is 0.171. The van der Waals surface area contributed by atoms with Crippen LogP contribution in [0.3, 0.4) is 0 Å². The number of halogens is 1. The average molecular weight is 330 g/mol. The molecule has 0 saturated heterocycles. The molecule has 0 bridgehead atoms. The summed E-state index contributed by atoms with van der Waals surface area (Å²) in [6.45, 7) is 0. The molecule has 0 aliphatic heterocycles. The van der Waals surface area contributed by atoms with Crippen molar-refractivity contribution in [3.8, 4) is 11.1 Å². The van der Waals surface area contributed by atoms with Gasteiger partial charge in [0.15, 0.2) is 0 Å². The highest BCUT2D eigenvalue weighted by molar-refractivity contribution is 6.29. The first kappa shape index (κ1) is 14.9. The number of anilines is 1. The lowest BCUT2D eigenvalue weighted by Gasteiger charge is -2.02. The Bertz CT molecular complexity index is 935. The molecule has 2 heterocycles. The third kappa shape index (κ3) is 2.82. The molecule has 0 radical (unpaired) electrons. The van der Waals surface area contributed by atoms with Gasteiger partial charge in [-0.15, -0.1) is 0 Å². The number of hydrogen-bond donors (Lipinski definition) is 4. The van der Waals surface area contributed by atoms with Crippen LogP contribution in [0.25, 0.3) is 22.0 Å². The quantitative estimate of drug-likeness (QED) is 0.551. The SMILES string of the molecule is NC(=O)Nc1[nH]c2cc(-c3ccnc(Cl)c3)ccc2c1C(N)=O. The maximum Gasteiger partial charge on any atom is 0.317 e. The van der Waals surface area contributed by atoms with E-state index in [1.54, 1.807) is 18.3 Å². The predicted octanol–water partition coefficient (Wildman–Crippen LogP) is 2.47. The first-order chi connectivity index (χ1) is 11.0. The molecular weight excluding hydrogens is 318 g/mol.